The molecule has 0 aromatic carbocycles. The molecule has 11 heavy (non-hydrogen) atoms. The van der Waals surface area contributed by atoms with Crippen LogP contribution >= 0.6 is 0 Å². The third-order valence-corrected chi connectivity index (χ3v) is 0.933. The lowest BCUT2D eigenvalue weighted by molar-refractivity contribution is -0.143. The van der Waals surface area contributed by atoms with Gasteiger partial charge in [-0.05, 0) is 6.92 Å². The Morgan fingerprint density at radius 2 is 2.27 bits per heavy atom. The number of carbonyl (C=O) groups excluding carboxylic acids is 1. The molecule has 3 heteroatoms. The lowest BCUT2D eigenvalue weighted by Crippen LogP contribution is -2.17. The molecule has 0 aliphatic heterocycles. The van der Waals surface area contributed by atoms with Crippen LogP contribution in [0.25, 0.3) is 0 Å². The number of esters is 1. The molecule has 3 nitrogen and oxygen atoms in total. The van der Waals surface area contributed by atoms with Gasteiger partial charge < -0.3 is 9.47 Å². The van der Waals surface area contributed by atoms with Gasteiger partial charge in [-0.15, -0.1) is 0 Å². The first-order chi connectivity index (χ1) is 5.20. The Balaban J connectivity index is 3.50. The topological polar surface area (TPSA) is 35.5 Å². The van der Waals surface area contributed by atoms with Crippen molar-refractivity contribution in [3.63, 3.8) is 0 Å². The van der Waals surface area contributed by atoms with Gasteiger partial charge in [0.15, 0.2) is 0 Å². The Kier molecular flexibility index (Phi) is 4.90. The van der Waals surface area contributed by atoms with Crippen molar-refractivity contribution in [1.29, 1.82) is 0 Å². The maximum atomic E-state index is 10.6. The van der Waals surface area contributed by atoms with Crippen LogP contribution in [0.2, 0.25) is 0 Å². The molecule has 0 aliphatic rings. The number of hydrogen-bond donors (Lipinski definition) is 0. The van der Waals surface area contributed by atoms with E-state index in [0.717, 1.165) is 6.08 Å². The highest BCUT2D eigenvalue weighted by molar-refractivity contribution is 5.81. The summed E-state index contributed by atoms with van der Waals surface area (Å²) >= 11 is 0. The van der Waals surface area contributed by atoms with Crippen molar-refractivity contribution in [3.8, 4) is 0 Å². The van der Waals surface area contributed by atoms with Crippen molar-refractivity contribution in [1.82, 2.24) is 0 Å². The van der Waals surface area contributed by atoms with Gasteiger partial charge in [0, 0.05) is 6.08 Å². The number of ether oxygens (including phenoxy) is 2. The maximum Gasteiger partial charge on any atom is 0.330 e. The van der Waals surface area contributed by atoms with Crippen molar-refractivity contribution in [3.05, 3.63) is 25.5 Å². The molecule has 0 saturated heterocycles. The summed E-state index contributed by atoms with van der Waals surface area (Å²) in [6, 6.07) is 0. The van der Waals surface area contributed by atoms with Crippen LogP contribution in [0.15, 0.2) is 25.5 Å². The van der Waals surface area contributed by atoms with Crippen molar-refractivity contribution < 1.29 is 14.3 Å². The third-order valence-electron chi connectivity index (χ3n) is 0.933. The summed E-state index contributed by atoms with van der Waals surface area (Å²) in [6.07, 6.45) is 2.15. The van der Waals surface area contributed by atoms with Crippen molar-refractivity contribution >= 4 is 5.97 Å². The second-order valence-electron chi connectivity index (χ2n) is 1.95. The van der Waals surface area contributed by atoms with Crippen LogP contribution in [0, 0.1) is 0 Å². The van der Waals surface area contributed by atoms with Gasteiger partial charge in [0.25, 0.3) is 0 Å². The van der Waals surface area contributed by atoms with Gasteiger partial charge in [-0.2, -0.15) is 0 Å². The molecule has 0 radical (unpaired) electrons. The van der Waals surface area contributed by atoms with Crippen molar-refractivity contribution in [2.45, 2.75) is 13.0 Å². The third kappa shape index (κ3) is 5.21. The Labute approximate surface area is 66.3 Å². The van der Waals surface area contributed by atoms with E-state index in [-0.39, 0.29) is 6.10 Å². The van der Waals surface area contributed by atoms with Crippen molar-refractivity contribution in [2.75, 3.05) is 6.61 Å². The number of rotatable bonds is 5. The molecule has 0 saturated carbocycles. The van der Waals surface area contributed by atoms with Crippen LogP contribution in [0.4, 0.5) is 0 Å². The average Bonchev–Trinajstić information content (AvgIpc) is 2.00. The zero-order valence-electron chi connectivity index (χ0n) is 6.58. The monoisotopic (exact) mass is 156 g/mol. The second kappa shape index (κ2) is 5.53. The van der Waals surface area contributed by atoms with Gasteiger partial charge in [0.1, 0.15) is 12.7 Å². The van der Waals surface area contributed by atoms with Gasteiger partial charge >= 0.3 is 5.97 Å². The van der Waals surface area contributed by atoms with Crippen molar-refractivity contribution in [2.24, 2.45) is 0 Å². The Morgan fingerprint density at radius 3 is 2.73 bits per heavy atom. The van der Waals surface area contributed by atoms with E-state index in [9.17, 15) is 4.79 Å². The van der Waals surface area contributed by atoms with Crippen LogP contribution in [0.1, 0.15) is 6.92 Å². The maximum absolute atomic E-state index is 10.6. The van der Waals surface area contributed by atoms with Gasteiger partial charge in [0.05, 0.1) is 6.26 Å². The fourth-order valence-electron chi connectivity index (χ4n) is 0.484. The van der Waals surface area contributed by atoms with E-state index >= 15 is 0 Å². The summed E-state index contributed by atoms with van der Waals surface area (Å²) in [5.74, 6) is -0.440. The van der Waals surface area contributed by atoms with Crippen LogP contribution in [0.5, 0.6) is 0 Å². The van der Waals surface area contributed by atoms with E-state index in [2.05, 4.69) is 13.2 Å². The van der Waals surface area contributed by atoms with Gasteiger partial charge in [-0.25, -0.2) is 4.79 Å². The number of carbonyl (C=O) groups is 1. The molecular formula is C8H12O3. The first-order valence-corrected chi connectivity index (χ1v) is 3.26. The standard InChI is InChI=1S/C8H12O3/c1-4-8(9)11-7(3)6-10-5-2/h4-5,7H,1-2,6H2,3H3. The van der Waals surface area contributed by atoms with E-state index in [1.54, 1.807) is 6.92 Å². The van der Waals surface area contributed by atoms with Crippen LogP contribution in [0.3, 0.4) is 0 Å². The molecule has 0 bridgehead atoms. The fraction of sp³-hybridized carbons (Fsp3) is 0.375. The highest BCUT2D eigenvalue weighted by Gasteiger charge is 2.04. The van der Waals surface area contributed by atoms with E-state index in [1.165, 1.54) is 6.26 Å². The highest BCUT2D eigenvalue weighted by atomic mass is 16.6. The summed E-state index contributed by atoms with van der Waals surface area (Å²) in [5, 5.41) is 0. The Morgan fingerprint density at radius 1 is 1.64 bits per heavy atom. The molecule has 0 amide bonds. The Bertz CT molecular complexity index is 151. The first-order valence-electron chi connectivity index (χ1n) is 3.26. The molecule has 1 atom stereocenters. The zero-order chi connectivity index (χ0) is 8.69. The predicted octanol–water partition coefficient (Wildman–Crippen LogP) is 1.26. The lowest BCUT2D eigenvalue weighted by Gasteiger charge is -2.10. The second-order valence-corrected chi connectivity index (χ2v) is 1.95. The van der Waals surface area contributed by atoms with E-state index < -0.39 is 5.97 Å². The summed E-state index contributed by atoms with van der Waals surface area (Å²) in [7, 11) is 0. The summed E-state index contributed by atoms with van der Waals surface area (Å²) in [5.41, 5.74) is 0. The summed E-state index contributed by atoms with van der Waals surface area (Å²) in [4.78, 5) is 10.6. The quantitative estimate of drug-likeness (QED) is 0.341. The molecule has 0 aromatic rings. The molecular weight excluding hydrogens is 144 g/mol. The minimum absolute atomic E-state index is 0.265. The minimum atomic E-state index is -0.440. The normalized spacial score (nSPS) is 11.4. The largest absolute Gasteiger partial charge is 0.498 e. The molecule has 1 unspecified atom stereocenters. The highest BCUT2D eigenvalue weighted by Crippen LogP contribution is 1.93. The molecule has 0 fully saturated rings. The summed E-state index contributed by atoms with van der Waals surface area (Å²) in [6.45, 7) is 8.66. The zero-order valence-corrected chi connectivity index (χ0v) is 6.58. The van der Waals surface area contributed by atoms with Gasteiger partial charge in [0.2, 0.25) is 0 Å². The fourth-order valence-corrected chi connectivity index (χ4v) is 0.484. The molecule has 0 spiro atoms. The van der Waals surface area contributed by atoms with Gasteiger partial charge in [-0.1, -0.05) is 13.2 Å². The molecule has 0 aromatic heterocycles. The average molecular weight is 156 g/mol. The molecule has 0 rings (SSSR count). The molecule has 0 aliphatic carbocycles. The van der Waals surface area contributed by atoms with E-state index in [0.29, 0.717) is 6.61 Å². The lowest BCUT2D eigenvalue weighted by atomic mass is 10.4. The minimum Gasteiger partial charge on any atom is -0.498 e. The predicted molar refractivity (Wildman–Crippen MR) is 41.9 cm³/mol. The number of hydrogen-bond acceptors (Lipinski definition) is 3. The smallest absolute Gasteiger partial charge is 0.330 e. The van der Waals surface area contributed by atoms with E-state index in [4.69, 9.17) is 9.47 Å². The van der Waals surface area contributed by atoms with E-state index in [1.807, 2.05) is 0 Å². The van der Waals surface area contributed by atoms with Crippen LogP contribution in [-0.2, 0) is 14.3 Å². The van der Waals surface area contributed by atoms with Crippen LogP contribution < -0.4 is 0 Å². The molecule has 62 valence electrons. The SMILES string of the molecule is C=COCC(C)OC(=O)C=C. The van der Waals surface area contributed by atoms with Crippen LogP contribution in [-0.4, -0.2) is 18.7 Å². The van der Waals surface area contributed by atoms with Gasteiger partial charge in [-0.3, -0.25) is 0 Å². The first kappa shape index (κ1) is 9.75. The Hall–Kier alpha value is -1.25. The summed E-state index contributed by atoms with van der Waals surface area (Å²) < 4.78 is 9.56. The molecule has 0 heterocycles. The molecule has 0 N–H and O–H groups in total.